The van der Waals surface area contributed by atoms with Crippen LogP contribution in [0, 0.1) is 5.41 Å². The molecule has 0 rings (SSSR count). The molecule has 0 aromatic carbocycles. The van der Waals surface area contributed by atoms with E-state index in [1.807, 2.05) is 19.9 Å². The second-order valence-corrected chi connectivity index (χ2v) is 3.94. The zero-order valence-electron chi connectivity index (χ0n) is 11.9. The minimum atomic E-state index is -0.144. The van der Waals surface area contributed by atoms with Gasteiger partial charge in [0, 0.05) is 6.08 Å². The average molecular weight is 257 g/mol. The molecule has 0 aromatic heterocycles. The lowest BCUT2D eigenvalue weighted by atomic mass is 9.91. The van der Waals surface area contributed by atoms with Gasteiger partial charge in [0.2, 0.25) is 5.91 Å². The summed E-state index contributed by atoms with van der Waals surface area (Å²) in [7, 11) is 2.10. The van der Waals surface area contributed by atoms with Gasteiger partial charge in [-0.05, 0) is 21.2 Å². The van der Waals surface area contributed by atoms with Gasteiger partial charge in [-0.1, -0.05) is 59.4 Å². The quantitative estimate of drug-likeness (QED) is 0.346. The molecule has 1 N–H and O–H groups in total. The van der Waals surface area contributed by atoms with Crippen LogP contribution in [0.2, 0.25) is 0 Å². The van der Waals surface area contributed by atoms with Crippen LogP contribution in [0.15, 0.2) is 37.5 Å². The first kappa shape index (κ1) is 21.4. The summed E-state index contributed by atoms with van der Waals surface area (Å²) >= 11 is 0. The minimum absolute atomic E-state index is 0.144. The molecule has 0 saturated heterocycles. The van der Waals surface area contributed by atoms with Crippen molar-refractivity contribution in [3.63, 3.8) is 0 Å². The lowest BCUT2D eigenvalue weighted by molar-refractivity contribution is -0.114. The van der Waals surface area contributed by atoms with Crippen LogP contribution in [-0.4, -0.2) is 5.91 Å². The number of amides is 1. The molecule has 0 radical (unpaired) electrons. The van der Waals surface area contributed by atoms with Crippen LogP contribution in [0.5, 0.6) is 0 Å². The average Bonchev–Trinajstić information content (AvgIpc) is 2.39. The molecule has 1 amide bonds. The van der Waals surface area contributed by atoms with Gasteiger partial charge in [0.05, 0.1) is 0 Å². The van der Waals surface area contributed by atoms with Gasteiger partial charge in [0.15, 0.2) is 0 Å². The normalized spacial score (nSPS) is 9.29. The maximum absolute atomic E-state index is 10.3. The molecule has 0 fully saturated rings. The molecule has 3 heteroatoms. The fourth-order valence-corrected chi connectivity index (χ4v) is 0.444. The highest BCUT2D eigenvalue weighted by molar-refractivity contribution is 7.15. The van der Waals surface area contributed by atoms with Gasteiger partial charge >= 0.3 is 0 Å². The summed E-state index contributed by atoms with van der Waals surface area (Å²) in [4.78, 5) is 10.3. The van der Waals surface area contributed by atoms with E-state index in [1.165, 1.54) is 12.5 Å². The SMILES string of the molecule is C=C/C=C/C(=O)NP.C=CC(C)(C)CC.CC. The number of carbonyl (C=O) groups excluding carboxylic acids is 1. The highest BCUT2D eigenvalue weighted by Gasteiger charge is 2.06. The second kappa shape index (κ2) is 15.1. The van der Waals surface area contributed by atoms with Crippen molar-refractivity contribution in [2.24, 2.45) is 5.41 Å². The minimum Gasteiger partial charge on any atom is -0.337 e. The monoisotopic (exact) mass is 257 g/mol. The number of hydrogen-bond donors (Lipinski definition) is 1. The van der Waals surface area contributed by atoms with Gasteiger partial charge in [0.1, 0.15) is 0 Å². The van der Waals surface area contributed by atoms with Crippen LogP contribution in [0.25, 0.3) is 0 Å². The summed E-state index contributed by atoms with van der Waals surface area (Å²) in [5, 5.41) is 2.34. The molecule has 0 aliphatic heterocycles. The molecule has 0 aliphatic rings. The van der Waals surface area contributed by atoms with Crippen LogP contribution >= 0.6 is 9.39 Å². The van der Waals surface area contributed by atoms with Gasteiger partial charge in [-0.2, -0.15) is 0 Å². The van der Waals surface area contributed by atoms with Crippen LogP contribution in [0.1, 0.15) is 41.0 Å². The van der Waals surface area contributed by atoms with Crippen molar-refractivity contribution in [1.29, 1.82) is 0 Å². The first-order valence-corrected chi connectivity index (χ1v) is 6.44. The Morgan fingerprint density at radius 2 is 1.82 bits per heavy atom. The van der Waals surface area contributed by atoms with E-state index in [4.69, 9.17) is 0 Å². The number of nitrogens with one attached hydrogen (secondary N) is 1. The Labute approximate surface area is 110 Å². The lowest BCUT2D eigenvalue weighted by Gasteiger charge is -2.14. The number of hydrogen-bond acceptors (Lipinski definition) is 1. The van der Waals surface area contributed by atoms with E-state index in [2.05, 4.69) is 48.4 Å². The molecule has 0 saturated carbocycles. The first-order chi connectivity index (χ1) is 7.93. The van der Waals surface area contributed by atoms with Crippen LogP contribution < -0.4 is 5.09 Å². The van der Waals surface area contributed by atoms with Crippen molar-refractivity contribution in [2.75, 3.05) is 0 Å². The molecule has 0 spiro atoms. The summed E-state index contributed by atoms with van der Waals surface area (Å²) in [6.45, 7) is 17.6. The van der Waals surface area contributed by atoms with Gasteiger partial charge in [0.25, 0.3) is 0 Å². The molecule has 1 unspecified atom stereocenters. The van der Waals surface area contributed by atoms with Crippen molar-refractivity contribution in [2.45, 2.75) is 41.0 Å². The summed E-state index contributed by atoms with van der Waals surface area (Å²) in [6, 6.07) is 0. The van der Waals surface area contributed by atoms with Crippen molar-refractivity contribution in [3.8, 4) is 0 Å². The molecule has 100 valence electrons. The Kier molecular flexibility index (Phi) is 19.0. The third-order valence-electron chi connectivity index (χ3n) is 1.99. The summed E-state index contributed by atoms with van der Waals surface area (Å²) in [6.07, 6.45) is 7.67. The third kappa shape index (κ3) is 21.0. The van der Waals surface area contributed by atoms with E-state index in [9.17, 15) is 4.79 Å². The predicted molar refractivity (Wildman–Crippen MR) is 82.8 cm³/mol. The zero-order valence-corrected chi connectivity index (χ0v) is 13.1. The first-order valence-electron chi connectivity index (χ1n) is 5.86. The number of rotatable bonds is 4. The van der Waals surface area contributed by atoms with Crippen LogP contribution in [0.3, 0.4) is 0 Å². The van der Waals surface area contributed by atoms with Gasteiger partial charge in [-0.15, -0.1) is 6.58 Å². The third-order valence-corrected chi connectivity index (χ3v) is 2.27. The van der Waals surface area contributed by atoms with Crippen LogP contribution in [-0.2, 0) is 4.79 Å². The largest absolute Gasteiger partial charge is 0.337 e. The molecule has 0 aromatic rings. The Hall–Kier alpha value is -0.880. The Balaban J connectivity index is -0.000000202. The topological polar surface area (TPSA) is 29.1 Å². The van der Waals surface area contributed by atoms with E-state index >= 15 is 0 Å². The Morgan fingerprint density at radius 3 is 2.00 bits per heavy atom. The van der Waals surface area contributed by atoms with E-state index in [0.717, 1.165) is 0 Å². The van der Waals surface area contributed by atoms with Gasteiger partial charge < -0.3 is 5.09 Å². The lowest BCUT2D eigenvalue weighted by Crippen LogP contribution is -2.06. The molecule has 0 heterocycles. The maximum atomic E-state index is 10.3. The summed E-state index contributed by atoms with van der Waals surface area (Å²) < 4.78 is 0. The van der Waals surface area contributed by atoms with E-state index in [-0.39, 0.29) is 5.91 Å². The fourth-order valence-electron chi connectivity index (χ4n) is 0.348. The standard InChI is InChI=1S/C7H14.C5H8NOP.C2H6/c1-5-7(3,4)6-2;1-2-3-4-5(7)6-8;1-2/h5H,1,6H2,2-4H3;2-4H,1,8H2,(H,6,7);1-2H3/b;4-3+;. The molecular weight excluding hydrogens is 229 g/mol. The Bertz CT molecular complexity index is 232. The predicted octanol–water partition coefficient (Wildman–Crippen LogP) is 4.27. The van der Waals surface area contributed by atoms with Gasteiger partial charge in [-0.25, -0.2) is 0 Å². The van der Waals surface area contributed by atoms with Crippen molar-refractivity contribution >= 4 is 15.3 Å². The number of allylic oxidation sites excluding steroid dienone is 3. The molecular formula is C14H28NOP. The Morgan fingerprint density at radius 1 is 1.35 bits per heavy atom. The highest BCUT2D eigenvalue weighted by Crippen LogP contribution is 2.19. The van der Waals surface area contributed by atoms with E-state index in [1.54, 1.807) is 12.2 Å². The summed E-state index contributed by atoms with van der Waals surface area (Å²) in [5.41, 5.74) is 0.347. The highest BCUT2D eigenvalue weighted by atomic mass is 31.0. The molecule has 0 bridgehead atoms. The second-order valence-electron chi connectivity index (χ2n) is 3.65. The van der Waals surface area contributed by atoms with Crippen LogP contribution in [0.4, 0.5) is 0 Å². The van der Waals surface area contributed by atoms with Gasteiger partial charge in [-0.3, -0.25) is 4.79 Å². The maximum Gasteiger partial charge on any atom is 0.246 e. The van der Waals surface area contributed by atoms with E-state index < -0.39 is 0 Å². The molecule has 17 heavy (non-hydrogen) atoms. The fraction of sp³-hybridized carbons (Fsp3) is 0.500. The summed E-state index contributed by atoms with van der Waals surface area (Å²) in [5.74, 6) is -0.144. The van der Waals surface area contributed by atoms with Crippen molar-refractivity contribution in [3.05, 3.63) is 37.5 Å². The van der Waals surface area contributed by atoms with Crippen molar-refractivity contribution in [1.82, 2.24) is 5.09 Å². The zero-order chi connectivity index (χ0) is 14.3. The van der Waals surface area contributed by atoms with Crippen molar-refractivity contribution < 1.29 is 4.79 Å². The molecule has 1 atom stereocenters. The number of carbonyl (C=O) groups is 1. The molecule has 0 aliphatic carbocycles. The molecule has 2 nitrogen and oxygen atoms in total. The van der Waals surface area contributed by atoms with E-state index in [0.29, 0.717) is 5.41 Å². The smallest absolute Gasteiger partial charge is 0.246 e.